The van der Waals surface area contributed by atoms with E-state index >= 15 is 0 Å². The number of hydrogen-bond acceptors (Lipinski definition) is 3. The van der Waals surface area contributed by atoms with Gasteiger partial charge in [-0.3, -0.25) is 0 Å². The van der Waals surface area contributed by atoms with Crippen LogP contribution in [0.4, 0.5) is 0 Å². The third-order valence-electron chi connectivity index (χ3n) is 0.932. The summed E-state index contributed by atoms with van der Waals surface area (Å²) in [4.78, 5) is 9.97. The van der Waals surface area contributed by atoms with Crippen molar-refractivity contribution in [3.05, 3.63) is 29.0 Å². The minimum Gasteiger partial charge on any atom is -0.374 e. The molecule has 48 valence electrons. The van der Waals surface area contributed by atoms with Crippen molar-refractivity contribution in [2.24, 2.45) is 5.18 Å². The van der Waals surface area contributed by atoms with Crippen LogP contribution in [-0.4, -0.2) is 4.95 Å². The van der Waals surface area contributed by atoms with Gasteiger partial charge in [0.15, 0.2) is 0 Å². The molecule has 3 nitrogen and oxygen atoms in total. The molecule has 1 N–H and O–H groups in total. The van der Waals surface area contributed by atoms with Crippen molar-refractivity contribution >= 4 is 15.9 Å². The van der Waals surface area contributed by atoms with Gasteiger partial charge in [-0.2, -0.15) is 0 Å². The van der Waals surface area contributed by atoms with Crippen LogP contribution in [-0.2, 0) is 0 Å². The highest BCUT2D eigenvalue weighted by atomic mass is 79.9. The first-order valence-corrected chi connectivity index (χ1v) is 3.36. The molecule has 0 aromatic carbocycles. The summed E-state index contributed by atoms with van der Waals surface area (Å²) >= 11 is 3.26. The minimum atomic E-state index is 0.128. The normalized spacial score (nSPS) is 24.6. The molecule has 0 bridgehead atoms. The summed E-state index contributed by atoms with van der Waals surface area (Å²) < 4.78 is 0. The van der Waals surface area contributed by atoms with Gasteiger partial charge in [-0.1, -0.05) is 15.9 Å². The third kappa shape index (κ3) is 1.64. The van der Waals surface area contributed by atoms with Crippen molar-refractivity contribution in [2.45, 2.75) is 4.95 Å². The maximum atomic E-state index is 9.84. The standard InChI is InChI=1S/C5H5BrN2O/c6-5-2-1-4(8-9)3-7-5/h1-3,5,7H. The maximum Gasteiger partial charge on any atom is 0.123 e. The summed E-state index contributed by atoms with van der Waals surface area (Å²) in [6.45, 7) is 0. The van der Waals surface area contributed by atoms with Gasteiger partial charge < -0.3 is 5.32 Å². The van der Waals surface area contributed by atoms with Crippen LogP contribution in [0, 0.1) is 4.91 Å². The quantitative estimate of drug-likeness (QED) is 0.385. The fraction of sp³-hybridized carbons (Fsp3) is 0.200. The lowest BCUT2D eigenvalue weighted by molar-refractivity contribution is 0.908. The van der Waals surface area contributed by atoms with E-state index in [1.54, 1.807) is 18.4 Å². The molecule has 1 heterocycles. The highest BCUT2D eigenvalue weighted by Crippen LogP contribution is 2.07. The predicted molar refractivity (Wildman–Crippen MR) is 38.9 cm³/mol. The molecule has 0 aromatic rings. The fourth-order valence-electron chi connectivity index (χ4n) is 0.509. The van der Waals surface area contributed by atoms with Gasteiger partial charge in [-0.25, -0.2) is 0 Å². The smallest absolute Gasteiger partial charge is 0.123 e. The summed E-state index contributed by atoms with van der Waals surface area (Å²) in [6.07, 6.45) is 5.02. The Morgan fingerprint density at radius 3 is 3.00 bits per heavy atom. The lowest BCUT2D eigenvalue weighted by Gasteiger charge is -2.07. The molecule has 1 atom stereocenters. The van der Waals surface area contributed by atoms with Crippen LogP contribution in [0.3, 0.4) is 0 Å². The Kier molecular flexibility index (Phi) is 2.00. The van der Waals surface area contributed by atoms with Gasteiger partial charge in [-0.05, 0) is 17.3 Å². The number of allylic oxidation sites excluding steroid dienone is 1. The van der Waals surface area contributed by atoms with E-state index in [9.17, 15) is 4.91 Å². The lowest BCUT2D eigenvalue weighted by Crippen LogP contribution is -2.17. The van der Waals surface area contributed by atoms with Crippen LogP contribution >= 0.6 is 15.9 Å². The molecule has 1 rings (SSSR count). The largest absolute Gasteiger partial charge is 0.374 e. The number of dihydropyridines is 1. The fourth-order valence-corrected chi connectivity index (χ4v) is 0.793. The number of nitrogens with zero attached hydrogens (tertiary/aromatic N) is 1. The van der Waals surface area contributed by atoms with E-state index in [0.29, 0.717) is 5.70 Å². The number of halogens is 1. The van der Waals surface area contributed by atoms with Gasteiger partial charge in [0.25, 0.3) is 0 Å². The second-order valence-electron chi connectivity index (χ2n) is 1.59. The monoisotopic (exact) mass is 188 g/mol. The van der Waals surface area contributed by atoms with Gasteiger partial charge in [-0.15, -0.1) is 4.91 Å². The van der Waals surface area contributed by atoms with E-state index in [2.05, 4.69) is 26.4 Å². The zero-order valence-corrected chi connectivity index (χ0v) is 6.13. The van der Waals surface area contributed by atoms with E-state index in [1.807, 2.05) is 0 Å². The molecule has 1 aliphatic heterocycles. The summed E-state index contributed by atoms with van der Waals surface area (Å²) in [5.74, 6) is 0. The Morgan fingerprint density at radius 1 is 1.78 bits per heavy atom. The highest BCUT2D eigenvalue weighted by molar-refractivity contribution is 9.09. The topological polar surface area (TPSA) is 41.5 Å². The Bertz CT molecular complexity index is 176. The molecule has 0 saturated carbocycles. The molecule has 0 radical (unpaired) electrons. The van der Waals surface area contributed by atoms with Crippen molar-refractivity contribution in [1.82, 2.24) is 5.32 Å². The van der Waals surface area contributed by atoms with Gasteiger partial charge in [0.2, 0.25) is 0 Å². The molecule has 0 fully saturated rings. The molecule has 0 aromatic heterocycles. The first kappa shape index (κ1) is 6.48. The molecule has 4 heteroatoms. The van der Waals surface area contributed by atoms with Crippen LogP contribution in [0.15, 0.2) is 29.2 Å². The molecule has 0 aliphatic carbocycles. The average Bonchev–Trinajstić information content (AvgIpc) is 1.90. The van der Waals surface area contributed by atoms with Crippen LogP contribution in [0.2, 0.25) is 0 Å². The number of rotatable bonds is 1. The molecular weight excluding hydrogens is 184 g/mol. The van der Waals surface area contributed by atoms with E-state index in [1.165, 1.54) is 0 Å². The molecule has 1 aliphatic rings. The van der Waals surface area contributed by atoms with Gasteiger partial charge >= 0.3 is 0 Å². The molecule has 1 unspecified atom stereocenters. The number of nitroso groups, excluding NO2 is 1. The minimum absolute atomic E-state index is 0.128. The predicted octanol–water partition coefficient (Wildman–Crippen LogP) is 1.47. The Labute approximate surface area is 60.9 Å². The third-order valence-corrected chi connectivity index (χ3v) is 1.50. The molecule has 9 heavy (non-hydrogen) atoms. The SMILES string of the molecule is O=NC1=CNC(Br)C=C1. The molecular formula is C5H5BrN2O. The summed E-state index contributed by atoms with van der Waals surface area (Å²) in [6, 6.07) is 0. The Balaban J connectivity index is 2.62. The van der Waals surface area contributed by atoms with Crippen LogP contribution in [0.25, 0.3) is 0 Å². The first-order chi connectivity index (χ1) is 4.33. The Hall–Kier alpha value is -0.640. The average molecular weight is 189 g/mol. The zero-order valence-electron chi connectivity index (χ0n) is 4.54. The van der Waals surface area contributed by atoms with Crippen molar-refractivity contribution in [3.8, 4) is 0 Å². The van der Waals surface area contributed by atoms with Crippen LogP contribution in [0.1, 0.15) is 0 Å². The molecule has 0 amide bonds. The van der Waals surface area contributed by atoms with E-state index in [4.69, 9.17) is 0 Å². The van der Waals surface area contributed by atoms with E-state index in [-0.39, 0.29) is 4.95 Å². The number of nitrogens with one attached hydrogen (secondary N) is 1. The number of hydrogen-bond donors (Lipinski definition) is 1. The van der Waals surface area contributed by atoms with Crippen molar-refractivity contribution in [1.29, 1.82) is 0 Å². The zero-order chi connectivity index (χ0) is 6.69. The van der Waals surface area contributed by atoms with Gasteiger partial charge in [0.05, 0.1) is 0 Å². The van der Waals surface area contributed by atoms with Crippen LogP contribution in [0.5, 0.6) is 0 Å². The first-order valence-electron chi connectivity index (χ1n) is 2.45. The van der Waals surface area contributed by atoms with Gasteiger partial charge in [0, 0.05) is 6.20 Å². The molecule has 0 saturated heterocycles. The van der Waals surface area contributed by atoms with E-state index in [0.717, 1.165) is 0 Å². The number of alkyl halides is 1. The van der Waals surface area contributed by atoms with Crippen molar-refractivity contribution in [2.75, 3.05) is 0 Å². The highest BCUT2D eigenvalue weighted by Gasteiger charge is 2.01. The van der Waals surface area contributed by atoms with Crippen molar-refractivity contribution in [3.63, 3.8) is 0 Å². The summed E-state index contributed by atoms with van der Waals surface area (Å²) in [7, 11) is 0. The Morgan fingerprint density at radius 2 is 2.56 bits per heavy atom. The summed E-state index contributed by atoms with van der Waals surface area (Å²) in [5.41, 5.74) is 0.422. The van der Waals surface area contributed by atoms with E-state index < -0.39 is 0 Å². The maximum absolute atomic E-state index is 9.84. The lowest BCUT2D eigenvalue weighted by atomic mass is 10.3. The second kappa shape index (κ2) is 2.77. The summed E-state index contributed by atoms with van der Waals surface area (Å²) in [5, 5.41) is 5.58. The second-order valence-corrected chi connectivity index (χ2v) is 2.57. The van der Waals surface area contributed by atoms with Crippen molar-refractivity contribution < 1.29 is 0 Å². The molecule has 0 spiro atoms. The van der Waals surface area contributed by atoms with Crippen LogP contribution < -0.4 is 5.32 Å². The van der Waals surface area contributed by atoms with Gasteiger partial charge in [0.1, 0.15) is 10.6 Å².